The van der Waals surface area contributed by atoms with Gasteiger partial charge in [-0.3, -0.25) is 13.9 Å². The molecule has 228 valence electrons. The second kappa shape index (κ2) is 9.24. The summed E-state index contributed by atoms with van der Waals surface area (Å²) >= 11 is 0. The average molecular weight is 612 g/mol. The van der Waals surface area contributed by atoms with Crippen LogP contribution >= 0.6 is 0 Å². The molecule has 4 atom stereocenters. The van der Waals surface area contributed by atoms with Gasteiger partial charge in [0.1, 0.15) is 51.5 Å². The molecule has 6 aliphatic rings. The minimum Gasteiger partial charge on any atom is -0.477 e. The molecule has 12 nitrogen and oxygen atoms in total. The molecular formula is C30H37N5O7S+2. The molecule has 0 saturated carbocycles. The van der Waals surface area contributed by atoms with Crippen LogP contribution in [0.5, 0.6) is 0 Å². The number of benzene rings is 2. The number of aliphatic hydroxyl groups excluding tert-OH is 1. The predicted octanol–water partition coefficient (Wildman–Crippen LogP) is 0.191. The number of amides is 2. The van der Waals surface area contributed by atoms with E-state index in [9.17, 15) is 33.0 Å². The maximum absolute atomic E-state index is 14.0. The second-order valence-electron chi connectivity index (χ2n) is 13.2. The van der Waals surface area contributed by atoms with Crippen LogP contribution in [0.25, 0.3) is 10.8 Å². The zero-order chi connectivity index (χ0) is 30.6. The first-order valence-corrected chi connectivity index (χ1v) is 16.3. The standard InChI is InChI=1S/C30H35N5O7S/c1-17-21(28(30(39)40)33-27(17)25(18(2)36)29(33)38)14-32-22-5-3-4-20-19(6-7-23(26(20)22)43(32,41)42)15-34-8-11-35(12-9-34,13-10-34)16-24(31)37/h3-7,17-18,25,27,36H,8-16H2,1-2H3,(H-2,31,37,39,40)/p+2/t17-,18+,25+,27+,34?,35?/m0/s1. The van der Waals surface area contributed by atoms with Gasteiger partial charge in [-0.15, -0.1) is 0 Å². The Morgan fingerprint density at radius 1 is 1.07 bits per heavy atom. The van der Waals surface area contributed by atoms with Crippen molar-refractivity contribution in [2.75, 3.05) is 56.7 Å². The highest BCUT2D eigenvalue weighted by Crippen LogP contribution is 2.50. The van der Waals surface area contributed by atoms with Crippen LogP contribution in [-0.4, -0.2) is 115 Å². The summed E-state index contributed by atoms with van der Waals surface area (Å²) in [5.41, 5.74) is 7.27. The minimum absolute atomic E-state index is 0.185. The SMILES string of the molecule is C[C@@H](O)[C@H]1C(=O)N2C(C(=O)O)=C(CN3c4cccc5c(C[N+]67CC[N+](CC(N)=O)(CC6)CC7)ccc(c45)S3(=O)=O)[C@H](C)[C@H]12. The Kier molecular flexibility index (Phi) is 6.07. The van der Waals surface area contributed by atoms with Crippen molar-refractivity contribution in [1.29, 1.82) is 0 Å². The lowest BCUT2D eigenvalue weighted by Crippen LogP contribution is -2.75. The van der Waals surface area contributed by atoms with Gasteiger partial charge in [0.2, 0.25) is 5.91 Å². The Labute approximate surface area is 249 Å². The number of quaternary nitrogens is 2. The number of nitrogens with two attached hydrogens (primary N) is 1. The number of β-lactam (4-membered cyclic amide) rings is 1. The van der Waals surface area contributed by atoms with Crippen molar-refractivity contribution in [3.63, 3.8) is 0 Å². The molecule has 2 aromatic rings. The first-order valence-electron chi connectivity index (χ1n) is 14.8. The highest BCUT2D eigenvalue weighted by Gasteiger charge is 2.60. The lowest BCUT2D eigenvalue weighted by molar-refractivity contribution is -1.08. The normalized spacial score (nSPS) is 32.7. The molecule has 4 saturated heterocycles. The van der Waals surface area contributed by atoms with E-state index in [2.05, 4.69) is 0 Å². The second-order valence-corrected chi connectivity index (χ2v) is 15.0. The van der Waals surface area contributed by atoms with Crippen LogP contribution < -0.4 is 10.0 Å². The van der Waals surface area contributed by atoms with E-state index in [4.69, 9.17) is 5.73 Å². The van der Waals surface area contributed by atoms with Crippen molar-refractivity contribution >= 4 is 44.3 Å². The molecule has 4 fully saturated rings. The highest BCUT2D eigenvalue weighted by atomic mass is 32.2. The van der Waals surface area contributed by atoms with Crippen molar-refractivity contribution in [2.24, 2.45) is 17.6 Å². The number of aliphatic hydroxyl groups is 1. The molecule has 2 aromatic carbocycles. The summed E-state index contributed by atoms with van der Waals surface area (Å²) in [7, 11) is -4.00. The first kappa shape index (κ1) is 28.3. The van der Waals surface area contributed by atoms with Crippen LogP contribution in [0, 0.1) is 11.8 Å². The smallest absolute Gasteiger partial charge is 0.352 e. The molecule has 43 heavy (non-hydrogen) atoms. The van der Waals surface area contributed by atoms with E-state index in [0.717, 1.165) is 65.7 Å². The van der Waals surface area contributed by atoms with Crippen LogP contribution in [0.1, 0.15) is 19.4 Å². The third kappa shape index (κ3) is 3.91. The number of fused-ring (bicyclic) bond motifs is 4. The molecule has 0 radical (unpaired) electrons. The van der Waals surface area contributed by atoms with Crippen molar-refractivity contribution < 1.29 is 42.0 Å². The topological polar surface area (TPSA) is 158 Å². The number of rotatable bonds is 8. The van der Waals surface area contributed by atoms with Crippen molar-refractivity contribution in [2.45, 2.75) is 37.4 Å². The third-order valence-electron chi connectivity index (χ3n) is 10.9. The number of carboxylic acids is 1. The molecule has 6 heterocycles. The maximum atomic E-state index is 14.0. The summed E-state index contributed by atoms with van der Waals surface area (Å²) < 4.78 is 30.9. The number of carbonyl (C=O) groups is 3. The Bertz CT molecular complexity index is 1730. The van der Waals surface area contributed by atoms with Crippen LogP contribution in [0.15, 0.2) is 46.5 Å². The van der Waals surface area contributed by atoms with Crippen molar-refractivity contribution in [3.05, 3.63) is 47.2 Å². The quantitative estimate of drug-likeness (QED) is 0.284. The first-order chi connectivity index (χ1) is 20.3. The van der Waals surface area contributed by atoms with Gasteiger partial charge in [0, 0.05) is 16.9 Å². The fourth-order valence-electron chi connectivity index (χ4n) is 8.51. The van der Waals surface area contributed by atoms with Crippen LogP contribution in [0.4, 0.5) is 5.69 Å². The summed E-state index contributed by atoms with van der Waals surface area (Å²) in [6.07, 6.45) is -0.942. The minimum atomic E-state index is -4.00. The maximum Gasteiger partial charge on any atom is 0.352 e. The van der Waals surface area contributed by atoms with Crippen LogP contribution in [-0.2, 0) is 31.0 Å². The fourth-order valence-corrected chi connectivity index (χ4v) is 10.2. The van der Waals surface area contributed by atoms with Crippen LogP contribution in [0.3, 0.4) is 0 Å². The van der Waals surface area contributed by atoms with E-state index in [-0.39, 0.29) is 23.0 Å². The zero-order valence-corrected chi connectivity index (χ0v) is 25.1. The molecule has 2 amide bonds. The number of aliphatic carboxylic acids is 1. The number of hydrogen-bond acceptors (Lipinski definition) is 6. The number of carbonyl (C=O) groups excluding carboxylic acids is 2. The summed E-state index contributed by atoms with van der Waals surface area (Å²) in [4.78, 5) is 38.3. The van der Waals surface area contributed by atoms with Gasteiger partial charge in [0.25, 0.3) is 15.9 Å². The van der Waals surface area contributed by atoms with Crippen molar-refractivity contribution in [3.8, 4) is 0 Å². The average Bonchev–Trinajstić information content (AvgIpc) is 3.32. The Balaban J connectivity index is 1.23. The molecule has 6 aliphatic heterocycles. The molecule has 13 heteroatoms. The number of carboxylic acid groups (broad SMARTS) is 1. The number of sulfonamides is 1. The van der Waals surface area contributed by atoms with E-state index in [1.807, 2.05) is 18.2 Å². The Hall–Kier alpha value is -3.52. The lowest BCUT2D eigenvalue weighted by atomic mass is 9.78. The van der Waals surface area contributed by atoms with Gasteiger partial charge in [0.15, 0.2) is 6.54 Å². The molecule has 0 spiro atoms. The summed E-state index contributed by atoms with van der Waals surface area (Å²) in [5, 5.41) is 21.8. The highest BCUT2D eigenvalue weighted by molar-refractivity contribution is 7.93. The number of nitrogens with zero attached hydrogens (tertiary/aromatic N) is 4. The molecule has 8 rings (SSSR count). The van der Waals surface area contributed by atoms with E-state index >= 15 is 0 Å². The fraction of sp³-hybridized carbons (Fsp3) is 0.500. The summed E-state index contributed by atoms with van der Waals surface area (Å²) in [5.74, 6) is -3.17. The van der Waals surface area contributed by atoms with E-state index in [1.165, 1.54) is 16.1 Å². The Morgan fingerprint density at radius 2 is 1.72 bits per heavy atom. The van der Waals surface area contributed by atoms with Gasteiger partial charge < -0.3 is 29.8 Å². The monoisotopic (exact) mass is 611 g/mol. The number of piperazine rings is 3. The molecule has 4 N–H and O–H groups in total. The van der Waals surface area contributed by atoms with Gasteiger partial charge in [0.05, 0.1) is 35.2 Å². The number of primary amides is 1. The zero-order valence-electron chi connectivity index (χ0n) is 24.3. The molecule has 0 aromatic heterocycles. The van der Waals surface area contributed by atoms with Gasteiger partial charge in [-0.05, 0) is 30.0 Å². The molecule has 0 unspecified atom stereocenters. The van der Waals surface area contributed by atoms with Gasteiger partial charge in [-0.2, -0.15) is 0 Å². The van der Waals surface area contributed by atoms with E-state index < -0.39 is 45.9 Å². The van der Waals surface area contributed by atoms with Crippen LogP contribution in [0.2, 0.25) is 0 Å². The third-order valence-corrected chi connectivity index (χ3v) is 12.7. The van der Waals surface area contributed by atoms with Gasteiger partial charge in [-0.1, -0.05) is 25.1 Å². The van der Waals surface area contributed by atoms with E-state index in [0.29, 0.717) is 23.2 Å². The van der Waals surface area contributed by atoms with E-state index in [1.54, 1.807) is 19.1 Å². The lowest BCUT2D eigenvalue weighted by Gasteiger charge is -2.55. The molecule has 0 aliphatic carbocycles. The summed E-state index contributed by atoms with van der Waals surface area (Å²) in [6.45, 7) is 9.69. The molecular weight excluding hydrogens is 574 g/mol. The van der Waals surface area contributed by atoms with Gasteiger partial charge >= 0.3 is 5.97 Å². The van der Waals surface area contributed by atoms with Gasteiger partial charge in [-0.25, -0.2) is 13.2 Å². The van der Waals surface area contributed by atoms with Crippen molar-refractivity contribution in [1.82, 2.24) is 4.90 Å². The number of hydrogen-bond donors (Lipinski definition) is 3. The number of anilines is 1. The Morgan fingerprint density at radius 3 is 2.33 bits per heavy atom. The predicted molar refractivity (Wildman–Crippen MR) is 156 cm³/mol. The largest absolute Gasteiger partial charge is 0.477 e. The molecule has 2 bridgehead atoms. The summed E-state index contributed by atoms with van der Waals surface area (Å²) in [6, 6.07) is 8.60.